The van der Waals surface area contributed by atoms with Crippen LogP contribution >= 0.6 is 0 Å². The number of carbonyl (C=O) groups excluding carboxylic acids is 1. The summed E-state index contributed by atoms with van der Waals surface area (Å²) < 4.78 is 26.1. The van der Waals surface area contributed by atoms with Crippen LogP contribution in [-0.2, 0) is 11.2 Å². The van der Waals surface area contributed by atoms with Crippen molar-refractivity contribution in [3.63, 3.8) is 0 Å². The monoisotopic (exact) mass is 344 g/mol. The zero-order chi connectivity index (χ0) is 17.6. The van der Waals surface area contributed by atoms with Gasteiger partial charge in [-0.15, -0.1) is 0 Å². The molecule has 0 bridgehead atoms. The van der Waals surface area contributed by atoms with Crippen LogP contribution in [0, 0.1) is 17.6 Å². The second-order valence-corrected chi connectivity index (χ2v) is 6.50. The Morgan fingerprint density at radius 1 is 1.04 bits per heavy atom. The summed E-state index contributed by atoms with van der Waals surface area (Å²) in [6.07, 6.45) is 3.04. The van der Waals surface area contributed by atoms with E-state index in [1.807, 2.05) is 11.0 Å². The third kappa shape index (κ3) is 4.78. The van der Waals surface area contributed by atoms with Gasteiger partial charge in [0.1, 0.15) is 0 Å². The number of hydrogen-bond donors (Lipinski definition) is 1. The fourth-order valence-electron chi connectivity index (χ4n) is 3.23. The molecule has 0 spiro atoms. The predicted molar refractivity (Wildman–Crippen MR) is 94.3 cm³/mol. The number of amides is 1. The molecule has 1 amide bonds. The molecule has 0 atom stereocenters. The molecule has 2 aromatic carbocycles. The van der Waals surface area contributed by atoms with E-state index < -0.39 is 11.6 Å². The molecule has 1 aliphatic rings. The summed E-state index contributed by atoms with van der Waals surface area (Å²) in [5, 5.41) is 2.86. The molecule has 1 aliphatic heterocycles. The molecule has 1 heterocycles. The molecule has 0 saturated carbocycles. The molecule has 1 saturated heterocycles. The van der Waals surface area contributed by atoms with Crippen LogP contribution in [0.5, 0.6) is 0 Å². The van der Waals surface area contributed by atoms with Crippen molar-refractivity contribution in [2.75, 3.05) is 25.0 Å². The van der Waals surface area contributed by atoms with Crippen LogP contribution in [0.4, 0.5) is 14.5 Å². The Morgan fingerprint density at radius 3 is 2.44 bits per heavy atom. The molecule has 1 N–H and O–H groups in total. The quantitative estimate of drug-likeness (QED) is 0.893. The first-order valence-corrected chi connectivity index (χ1v) is 8.62. The lowest BCUT2D eigenvalue weighted by Crippen LogP contribution is -2.41. The Labute approximate surface area is 146 Å². The van der Waals surface area contributed by atoms with E-state index in [0.29, 0.717) is 11.6 Å². The molecule has 3 nitrogen and oxygen atoms in total. The highest BCUT2D eigenvalue weighted by atomic mass is 19.2. The van der Waals surface area contributed by atoms with E-state index in [2.05, 4.69) is 29.6 Å². The van der Waals surface area contributed by atoms with Crippen molar-refractivity contribution in [3.05, 3.63) is 65.7 Å². The molecule has 1 fully saturated rings. The maximum absolute atomic E-state index is 13.2. The van der Waals surface area contributed by atoms with Gasteiger partial charge in [-0.2, -0.15) is 0 Å². The number of likely N-dealkylation sites (tertiary alicyclic amines) is 1. The van der Waals surface area contributed by atoms with Crippen LogP contribution in [-0.4, -0.2) is 30.4 Å². The summed E-state index contributed by atoms with van der Waals surface area (Å²) in [5.74, 6) is -1.22. The number of nitrogens with one attached hydrogen (secondary N) is 1. The third-order valence-electron chi connectivity index (χ3n) is 4.70. The lowest BCUT2D eigenvalue weighted by Gasteiger charge is -2.32. The van der Waals surface area contributed by atoms with Crippen LogP contribution in [0.15, 0.2) is 48.5 Å². The molecule has 0 radical (unpaired) electrons. The topological polar surface area (TPSA) is 32.3 Å². The van der Waals surface area contributed by atoms with Crippen molar-refractivity contribution < 1.29 is 13.6 Å². The number of carbonyl (C=O) groups is 1. The lowest BCUT2D eigenvalue weighted by molar-refractivity contribution is -0.130. The number of rotatable bonds is 5. The maximum atomic E-state index is 13.2. The molecule has 2 aromatic rings. The van der Waals surface area contributed by atoms with Gasteiger partial charge in [0, 0.05) is 24.8 Å². The summed E-state index contributed by atoms with van der Waals surface area (Å²) >= 11 is 0. The largest absolute Gasteiger partial charge is 0.376 e. The number of halogens is 2. The minimum absolute atomic E-state index is 0.0112. The summed E-state index contributed by atoms with van der Waals surface area (Å²) in [6, 6.07) is 14.0. The second kappa shape index (κ2) is 8.10. The van der Waals surface area contributed by atoms with Crippen molar-refractivity contribution in [2.45, 2.75) is 19.3 Å². The van der Waals surface area contributed by atoms with Crippen LogP contribution in [0.3, 0.4) is 0 Å². The normalized spacial score (nSPS) is 15.2. The highest BCUT2D eigenvalue weighted by Crippen LogP contribution is 2.22. The van der Waals surface area contributed by atoms with Gasteiger partial charge in [0.05, 0.1) is 6.54 Å². The van der Waals surface area contributed by atoms with Crippen LogP contribution in [0.25, 0.3) is 0 Å². The van der Waals surface area contributed by atoms with E-state index in [1.165, 1.54) is 11.6 Å². The predicted octanol–water partition coefficient (Wildman–Crippen LogP) is 3.86. The summed E-state index contributed by atoms with van der Waals surface area (Å²) in [6.45, 7) is 1.58. The van der Waals surface area contributed by atoms with Crippen LogP contribution in [0.1, 0.15) is 18.4 Å². The summed E-state index contributed by atoms with van der Waals surface area (Å²) in [5.41, 5.74) is 1.75. The van der Waals surface area contributed by atoms with Crippen molar-refractivity contribution >= 4 is 11.6 Å². The minimum atomic E-state index is -0.917. The fourth-order valence-corrected chi connectivity index (χ4v) is 3.23. The van der Waals surface area contributed by atoms with E-state index in [0.717, 1.165) is 44.5 Å². The van der Waals surface area contributed by atoms with Crippen LogP contribution in [0.2, 0.25) is 0 Å². The number of piperidine rings is 1. The standard InChI is InChI=1S/C20H22F2N2O/c21-18-7-6-17(13-19(18)22)23-14-20(25)24-10-8-16(9-11-24)12-15-4-2-1-3-5-15/h1-7,13,16,23H,8-12,14H2. The molecule has 3 rings (SSSR count). The Bertz CT molecular complexity index is 713. The lowest BCUT2D eigenvalue weighted by atomic mass is 9.90. The molecule has 132 valence electrons. The van der Waals surface area contributed by atoms with Crippen molar-refractivity contribution in [2.24, 2.45) is 5.92 Å². The Balaban J connectivity index is 1.44. The highest BCUT2D eigenvalue weighted by Gasteiger charge is 2.22. The maximum Gasteiger partial charge on any atom is 0.241 e. The van der Waals surface area contributed by atoms with E-state index in [1.54, 1.807) is 0 Å². The number of nitrogens with zero attached hydrogens (tertiary/aromatic N) is 1. The van der Waals surface area contributed by atoms with Crippen molar-refractivity contribution in [1.82, 2.24) is 4.90 Å². The minimum Gasteiger partial charge on any atom is -0.376 e. The van der Waals surface area contributed by atoms with Gasteiger partial charge in [-0.3, -0.25) is 4.79 Å². The van der Waals surface area contributed by atoms with Crippen molar-refractivity contribution in [3.8, 4) is 0 Å². The number of anilines is 1. The van der Waals surface area contributed by atoms with E-state index >= 15 is 0 Å². The zero-order valence-corrected chi connectivity index (χ0v) is 14.1. The van der Waals surface area contributed by atoms with E-state index in [-0.39, 0.29) is 12.5 Å². The molecule has 0 unspecified atom stereocenters. The van der Waals surface area contributed by atoms with Gasteiger partial charge in [-0.1, -0.05) is 30.3 Å². The molecule has 5 heteroatoms. The number of hydrogen-bond acceptors (Lipinski definition) is 2. The highest BCUT2D eigenvalue weighted by molar-refractivity contribution is 5.80. The van der Waals surface area contributed by atoms with Gasteiger partial charge in [0.2, 0.25) is 5.91 Å². The van der Waals surface area contributed by atoms with Gasteiger partial charge >= 0.3 is 0 Å². The SMILES string of the molecule is O=C(CNc1ccc(F)c(F)c1)N1CCC(Cc2ccccc2)CC1. The van der Waals surface area contributed by atoms with Crippen molar-refractivity contribution in [1.29, 1.82) is 0 Å². The number of benzene rings is 2. The first-order chi connectivity index (χ1) is 12.1. The first-order valence-electron chi connectivity index (χ1n) is 8.62. The van der Waals surface area contributed by atoms with Gasteiger partial charge in [-0.05, 0) is 42.9 Å². The Morgan fingerprint density at radius 2 is 1.76 bits per heavy atom. The van der Waals surface area contributed by atoms with Gasteiger partial charge in [0.25, 0.3) is 0 Å². The fraction of sp³-hybridized carbons (Fsp3) is 0.350. The molecule has 25 heavy (non-hydrogen) atoms. The van der Waals surface area contributed by atoms with E-state index in [4.69, 9.17) is 0 Å². The zero-order valence-electron chi connectivity index (χ0n) is 14.1. The average molecular weight is 344 g/mol. The third-order valence-corrected chi connectivity index (χ3v) is 4.70. The van der Waals surface area contributed by atoms with Gasteiger partial charge in [-0.25, -0.2) is 8.78 Å². The molecular formula is C20H22F2N2O. The van der Waals surface area contributed by atoms with Gasteiger partial charge in [0.15, 0.2) is 11.6 Å². The molecule has 0 aromatic heterocycles. The van der Waals surface area contributed by atoms with Gasteiger partial charge < -0.3 is 10.2 Å². The van der Waals surface area contributed by atoms with E-state index in [9.17, 15) is 13.6 Å². The smallest absolute Gasteiger partial charge is 0.241 e. The molecule has 0 aliphatic carbocycles. The average Bonchev–Trinajstić information content (AvgIpc) is 2.64. The first kappa shape index (κ1) is 17.4. The van der Waals surface area contributed by atoms with Crippen LogP contribution < -0.4 is 5.32 Å². The molecular weight excluding hydrogens is 322 g/mol. The second-order valence-electron chi connectivity index (χ2n) is 6.50. The Hall–Kier alpha value is -2.43. The summed E-state index contributed by atoms with van der Waals surface area (Å²) in [7, 11) is 0. The Kier molecular flexibility index (Phi) is 5.64. The summed E-state index contributed by atoms with van der Waals surface area (Å²) in [4.78, 5) is 14.1.